The van der Waals surface area contributed by atoms with Gasteiger partial charge in [0.2, 0.25) is 0 Å². The lowest BCUT2D eigenvalue weighted by Crippen LogP contribution is -2.19. The van der Waals surface area contributed by atoms with E-state index < -0.39 is 17.4 Å². The van der Waals surface area contributed by atoms with Crippen molar-refractivity contribution in [1.29, 1.82) is 0 Å². The van der Waals surface area contributed by atoms with Gasteiger partial charge in [0.05, 0.1) is 12.0 Å². The van der Waals surface area contributed by atoms with E-state index in [4.69, 9.17) is 0 Å². The first-order chi connectivity index (χ1) is 11.7. The minimum atomic E-state index is -1.05. The van der Waals surface area contributed by atoms with Crippen LogP contribution in [0.5, 0.6) is 0 Å². The van der Waals surface area contributed by atoms with Crippen molar-refractivity contribution >= 4 is 17.5 Å². The van der Waals surface area contributed by atoms with Gasteiger partial charge in [0.15, 0.2) is 0 Å². The zero-order valence-electron chi connectivity index (χ0n) is 13.8. The average molecular weight is 340 g/mol. The van der Waals surface area contributed by atoms with Crippen molar-refractivity contribution in [3.8, 4) is 0 Å². The third-order valence-electron chi connectivity index (χ3n) is 4.73. The standard InChI is InChI=1S/C20H17FO4/c1-20(2)15-8-5-12(19(24)25)9-14(15)18(16(20)10-17(22)23)11-3-6-13(21)7-4-11/h3-9H,10H2,1-2H3,(H,22,23)(H,24,25). The molecule has 5 heteroatoms. The topological polar surface area (TPSA) is 74.6 Å². The second-order valence-corrected chi connectivity index (χ2v) is 6.62. The van der Waals surface area contributed by atoms with Crippen molar-refractivity contribution in [3.63, 3.8) is 0 Å². The van der Waals surface area contributed by atoms with Gasteiger partial charge in [0.25, 0.3) is 0 Å². The van der Waals surface area contributed by atoms with Gasteiger partial charge in [-0.1, -0.05) is 32.0 Å². The van der Waals surface area contributed by atoms with E-state index in [9.17, 15) is 24.2 Å². The molecule has 0 bridgehead atoms. The fraction of sp³-hybridized carbons (Fsp3) is 0.200. The molecule has 0 fully saturated rings. The number of fused-ring (bicyclic) bond motifs is 1. The molecule has 1 aliphatic carbocycles. The van der Waals surface area contributed by atoms with Gasteiger partial charge >= 0.3 is 11.9 Å². The molecular weight excluding hydrogens is 323 g/mol. The summed E-state index contributed by atoms with van der Waals surface area (Å²) < 4.78 is 13.3. The van der Waals surface area contributed by atoms with Crippen LogP contribution in [0.1, 0.15) is 47.3 Å². The Balaban J connectivity index is 2.31. The van der Waals surface area contributed by atoms with Gasteiger partial charge in [0, 0.05) is 5.41 Å². The lowest BCUT2D eigenvalue weighted by atomic mass is 9.79. The number of halogens is 1. The lowest BCUT2D eigenvalue weighted by molar-refractivity contribution is -0.136. The number of rotatable bonds is 4. The SMILES string of the molecule is CC1(C)C(CC(=O)O)=C(c2ccc(F)cc2)c2cc(C(=O)O)ccc21. The van der Waals surface area contributed by atoms with Crippen LogP contribution in [0.2, 0.25) is 0 Å². The van der Waals surface area contributed by atoms with Crippen LogP contribution in [-0.4, -0.2) is 22.2 Å². The number of aromatic carboxylic acids is 1. The van der Waals surface area contributed by atoms with E-state index in [2.05, 4.69) is 0 Å². The molecule has 1 aliphatic rings. The summed E-state index contributed by atoms with van der Waals surface area (Å²) >= 11 is 0. The number of carboxylic acids is 2. The highest BCUT2D eigenvalue weighted by atomic mass is 19.1. The zero-order valence-corrected chi connectivity index (χ0v) is 13.8. The molecule has 0 saturated carbocycles. The maximum absolute atomic E-state index is 13.3. The van der Waals surface area contributed by atoms with Gasteiger partial charge in [-0.05, 0) is 52.1 Å². The first kappa shape index (κ1) is 16.9. The van der Waals surface area contributed by atoms with E-state index in [0.29, 0.717) is 22.3 Å². The van der Waals surface area contributed by atoms with Crippen LogP contribution in [0.4, 0.5) is 4.39 Å². The van der Waals surface area contributed by atoms with E-state index in [1.165, 1.54) is 18.2 Å². The highest BCUT2D eigenvalue weighted by Crippen LogP contribution is 2.50. The number of hydrogen-bond donors (Lipinski definition) is 2. The number of hydrogen-bond acceptors (Lipinski definition) is 2. The molecule has 3 rings (SSSR count). The number of carboxylic acid groups (broad SMARTS) is 2. The Labute approximate surface area is 144 Å². The van der Waals surface area contributed by atoms with Gasteiger partial charge in [-0.3, -0.25) is 4.79 Å². The predicted octanol–water partition coefficient (Wildman–Crippen LogP) is 4.09. The Morgan fingerprint density at radius 1 is 1.04 bits per heavy atom. The van der Waals surface area contributed by atoms with Crippen LogP contribution in [0.15, 0.2) is 48.0 Å². The van der Waals surface area contributed by atoms with Crippen LogP contribution < -0.4 is 0 Å². The summed E-state index contributed by atoms with van der Waals surface area (Å²) in [5.41, 5.74) is 3.15. The van der Waals surface area contributed by atoms with E-state index in [1.54, 1.807) is 24.3 Å². The maximum Gasteiger partial charge on any atom is 0.335 e. The van der Waals surface area contributed by atoms with E-state index in [1.807, 2.05) is 13.8 Å². The van der Waals surface area contributed by atoms with E-state index in [0.717, 1.165) is 5.56 Å². The van der Waals surface area contributed by atoms with Crippen molar-refractivity contribution in [3.05, 3.63) is 76.1 Å². The van der Waals surface area contributed by atoms with Crippen LogP contribution >= 0.6 is 0 Å². The summed E-state index contributed by atoms with van der Waals surface area (Å²) in [6.45, 7) is 3.84. The van der Waals surface area contributed by atoms with Gasteiger partial charge in [0.1, 0.15) is 5.82 Å². The number of aliphatic carboxylic acids is 1. The molecule has 0 aliphatic heterocycles. The molecule has 0 saturated heterocycles. The van der Waals surface area contributed by atoms with Crippen molar-refractivity contribution in [2.75, 3.05) is 0 Å². The van der Waals surface area contributed by atoms with Crippen molar-refractivity contribution in [1.82, 2.24) is 0 Å². The summed E-state index contributed by atoms with van der Waals surface area (Å²) in [5.74, 6) is -2.40. The summed E-state index contributed by atoms with van der Waals surface area (Å²) in [7, 11) is 0. The quantitative estimate of drug-likeness (QED) is 0.879. The average Bonchev–Trinajstić information content (AvgIpc) is 2.75. The summed E-state index contributed by atoms with van der Waals surface area (Å²) in [6, 6.07) is 10.6. The molecule has 25 heavy (non-hydrogen) atoms. The van der Waals surface area contributed by atoms with Crippen LogP contribution in [-0.2, 0) is 10.2 Å². The van der Waals surface area contributed by atoms with Gasteiger partial charge < -0.3 is 10.2 Å². The first-order valence-electron chi connectivity index (χ1n) is 7.81. The summed E-state index contributed by atoms with van der Waals surface area (Å²) in [6.07, 6.45) is -0.170. The zero-order chi connectivity index (χ0) is 18.4. The van der Waals surface area contributed by atoms with Crippen molar-refractivity contribution in [2.45, 2.75) is 25.7 Å². The molecule has 4 nitrogen and oxygen atoms in total. The molecule has 0 unspecified atom stereocenters. The molecule has 0 radical (unpaired) electrons. The Hall–Kier alpha value is -2.95. The fourth-order valence-corrected chi connectivity index (χ4v) is 3.47. The monoisotopic (exact) mass is 340 g/mol. The van der Waals surface area contributed by atoms with Gasteiger partial charge in [-0.15, -0.1) is 0 Å². The third kappa shape index (κ3) is 2.82. The molecule has 0 amide bonds. The normalized spacial score (nSPS) is 15.2. The van der Waals surface area contributed by atoms with Gasteiger partial charge in [-0.2, -0.15) is 0 Å². The molecule has 0 spiro atoms. The summed E-state index contributed by atoms with van der Waals surface area (Å²) in [4.78, 5) is 22.8. The molecule has 0 atom stereocenters. The number of benzene rings is 2. The Morgan fingerprint density at radius 3 is 2.24 bits per heavy atom. The second-order valence-electron chi connectivity index (χ2n) is 6.62. The fourth-order valence-electron chi connectivity index (χ4n) is 3.47. The van der Waals surface area contributed by atoms with E-state index in [-0.39, 0.29) is 17.8 Å². The van der Waals surface area contributed by atoms with Crippen LogP contribution in [0, 0.1) is 5.82 Å². The molecule has 2 aromatic carbocycles. The Kier molecular flexibility index (Phi) is 3.95. The van der Waals surface area contributed by atoms with Gasteiger partial charge in [-0.25, -0.2) is 9.18 Å². The second kappa shape index (κ2) is 5.84. The smallest absolute Gasteiger partial charge is 0.335 e. The Bertz CT molecular complexity index is 908. The highest BCUT2D eigenvalue weighted by molar-refractivity contribution is 5.96. The maximum atomic E-state index is 13.3. The van der Waals surface area contributed by atoms with Crippen LogP contribution in [0.25, 0.3) is 5.57 Å². The minimum absolute atomic E-state index is 0.130. The molecule has 0 heterocycles. The largest absolute Gasteiger partial charge is 0.481 e. The van der Waals surface area contributed by atoms with Crippen molar-refractivity contribution < 1.29 is 24.2 Å². The van der Waals surface area contributed by atoms with E-state index >= 15 is 0 Å². The van der Waals surface area contributed by atoms with Crippen LogP contribution in [0.3, 0.4) is 0 Å². The van der Waals surface area contributed by atoms with Crippen molar-refractivity contribution in [2.24, 2.45) is 0 Å². The minimum Gasteiger partial charge on any atom is -0.481 e. The molecule has 128 valence electrons. The molecule has 2 N–H and O–H groups in total. The third-order valence-corrected chi connectivity index (χ3v) is 4.73. The summed E-state index contributed by atoms with van der Waals surface area (Å²) in [5, 5.41) is 18.6. The predicted molar refractivity (Wildman–Crippen MR) is 91.1 cm³/mol. The molecular formula is C20H17FO4. The molecule has 2 aromatic rings. The molecule has 0 aromatic heterocycles. The lowest BCUT2D eigenvalue weighted by Gasteiger charge is -2.24. The first-order valence-corrected chi connectivity index (χ1v) is 7.81. The highest BCUT2D eigenvalue weighted by Gasteiger charge is 2.39. The Morgan fingerprint density at radius 2 is 1.68 bits per heavy atom. The number of carbonyl (C=O) groups is 2.